The molecule has 1 aliphatic rings. The van der Waals surface area contributed by atoms with Crippen LogP contribution in [0, 0.1) is 0 Å². The number of hydrogen-bond donors (Lipinski definition) is 2. The molecule has 0 saturated carbocycles. The van der Waals surface area contributed by atoms with E-state index in [-0.39, 0.29) is 34.1 Å². The first kappa shape index (κ1) is 24.6. The van der Waals surface area contributed by atoms with Gasteiger partial charge in [0.25, 0.3) is 11.7 Å². The number of aliphatic hydroxyl groups is 1. The van der Waals surface area contributed by atoms with Crippen LogP contribution in [-0.2, 0) is 15.8 Å². The minimum atomic E-state index is -4.70. The Morgan fingerprint density at radius 1 is 0.917 bits per heavy atom. The van der Waals surface area contributed by atoms with Crippen LogP contribution >= 0.6 is 0 Å². The highest BCUT2D eigenvalue weighted by Gasteiger charge is 2.48. The number of halogens is 3. The van der Waals surface area contributed by atoms with Crippen LogP contribution in [0.5, 0.6) is 17.2 Å². The molecular weight excluding hydrogens is 479 g/mol. The number of carbonyl (C=O) groups excluding carboxylic acids is 2. The van der Waals surface area contributed by atoms with Crippen molar-refractivity contribution in [2.24, 2.45) is 0 Å². The second-order valence-corrected chi connectivity index (χ2v) is 7.85. The molecule has 1 heterocycles. The predicted molar refractivity (Wildman–Crippen MR) is 124 cm³/mol. The summed E-state index contributed by atoms with van der Waals surface area (Å²) in [5, 5.41) is 21.4. The summed E-state index contributed by atoms with van der Waals surface area (Å²) in [4.78, 5) is 27.4. The molecule has 0 radical (unpaired) electrons. The molecule has 186 valence electrons. The molecule has 1 amide bonds. The third kappa shape index (κ3) is 4.21. The van der Waals surface area contributed by atoms with Gasteiger partial charge < -0.3 is 19.7 Å². The summed E-state index contributed by atoms with van der Waals surface area (Å²) in [6.07, 6.45) is -4.70. The number of aliphatic hydroxyl groups excluding tert-OH is 1. The molecule has 3 aromatic rings. The standard InChI is InChI=1S/C26H20F3NO6/c1-35-18-10-5-11-19(36-2)20(18)23(32)21-22(14-6-3-9-17(31)12-14)30(25(34)24(21)33)16-8-4-7-15(13-16)26(27,28)29/h3-13,22,31-32H,1-2H3/b23-21+. The molecule has 1 fully saturated rings. The van der Waals surface area contributed by atoms with Gasteiger partial charge in [0, 0.05) is 5.69 Å². The van der Waals surface area contributed by atoms with E-state index in [9.17, 15) is 33.0 Å². The molecule has 3 aromatic carbocycles. The number of phenols is 1. The maximum Gasteiger partial charge on any atom is 0.416 e. The lowest BCUT2D eigenvalue weighted by Gasteiger charge is -2.26. The first-order chi connectivity index (χ1) is 17.1. The number of rotatable bonds is 5. The Balaban J connectivity index is 2.02. The molecule has 0 aliphatic carbocycles. The van der Waals surface area contributed by atoms with E-state index < -0.39 is 40.8 Å². The Kier molecular flexibility index (Phi) is 6.36. The zero-order chi connectivity index (χ0) is 26.2. The minimum absolute atomic E-state index is 0.0188. The van der Waals surface area contributed by atoms with E-state index in [0.29, 0.717) is 0 Å². The van der Waals surface area contributed by atoms with E-state index in [1.807, 2.05) is 0 Å². The molecule has 0 spiro atoms. The second-order valence-electron chi connectivity index (χ2n) is 7.85. The van der Waals surface area contributed by atoms with Crippen molar-refractivity contribution >= 4 is 23.1 Å². The molecule has 4 rings (SSSR count). The van der Waals surface area contributed by atoms with Gasteiger partial charge in [-0.3, -0.25) is 14.5 Å². The van der Waals surface area contributed by atoms with E-state index in [4.69, 9.17) is 9.47 Å². The van der Waals surface area contributed by atoms with Crippen molar-refractivity contribution in [2.75, 3.05) is 19.1 Å². The van der Waals surface area contributed by atoms with E-state index in [1.54, 1.807) is 6.07 Å². The summed E-state index contributed by atoms with van der Waals surface area (Å²) < 4.78 is 50.9. The second kappa shape index (κ2) is 9.29. The maximum atomic E-state index is 13.4. The Hall–Kier alpha value is -4.47. The number of Topliss-reactive ketones (excluding diaryl/α,β-unsaturated/α-hetero) is 1. The lowest BCUT2D eigenvalue weighted by atomic mass is 9.94. The van der Waals surface area contributed by atoms with Crippen molar-refractivity contribution < 1.29 is 42.4 Å². The van der Waals surface area contributed by atoms with E-state index in [0.717, 1.165) is 23.1 Å². The highest BCUT2D eigenvalue weighted by Crippen LogP contribution is 2.46. The number of carbonyl (C=O) groups is 2. The fraction of sp³-hybridized carbons (Fsp3) is 0.154. The number of methoxy groups -OCH3 is 2. The third-order valence-corrected chi connectivity index (χ3v) is 5.75. The monoisotopic (exact) mass is 499 g/mol. The molecule has 0 bridgehead atoms. The lowest BCUT2D eigenvalue weighted by molar-refractivity contribution is -0.137. The van der Waals surface area contributed by atoms with Gasteiger partial charge in [0.05, 0.1) is 31.4 Å². The summed E-state index contributed by atoms with van der Waals surface area (Å²) in [6, 6.07) is 12.7. The highest BCUT2D eigenvalue weighted by atomic mass is 19.4. The van der Waals surface area contributed by atoms with Gasteiger partial charge >= 0.3 is 6.18 Å². The van der Waals surface area contributed by atoms with Crippen LogP contribution in [0.1, 0.15) is 22.7 Å². The number of aromatic hydroxyl groups is 1. The van der Waals surface area contributed by atoms with Gasteiger partial charge in [-0.25, -0.2) is 0 Å². The largest absolute Gasteiger partial charge is 0.508 e. The van der Waals surface area contributed by atoms with Crippen molar-refractivity contribution in [1.29, 1.82) is 0 Å². The van der Waals surface area contributed by atoms with Gasteiger partial charge in [-0.2, -0.15) is 13.2 Å². The fourth-order valence-electron chi connectivity index (χ4n) is 4.16. The van der Waals surface area contributed by atoms with Gasteiger partial charge in [0.15, 0.2) is 0 Å². The molecule has 1 saturated heterocycles. The van der Waals surface area contributed by atoms with Crippen LogP contribution in [0.25, 0.3) is 5.76 Å². The Morgan fingerprint density at radius 2 is 1.53 bits per heavy atom. The van der Waals surface area contributed by atoms with Crippen LogP contribution in [0.2, 0.25) is 0 Å². The predicted octanol–water partition coefficient (Wildman–Crippen LogP) is 5.05. The highest BCUT2D eigenvalue weighted by molar-refractivity contribution is 6.51. The van der Waals surface area contributed by atoms with E-state index >= 15 is 0 Å². The number of ether oxygens (including phenoxy) is 2. The molecule has 1 atom stereocenters. The molecule has 7 nitrogen and oxygen atoms in total. The SMILES string of the molecule is COc1cccc(OC)c1/C(O)=C1\C(=O)C(=O)N(c2cccc(C(F)(F)F)c2)C1c1cccc(O)c1. The number of amides is 1. The van der Waals surface area contributed by atoms with Crippen molar-refractivity contribution in [2.45, 2.75) is 12.2 Å². The van der Waals surface area contributed by atoms with Gasteiger partial charge in [-0.15, -0.1) is 0 Å². The molecule has 1 aliphatic heterocycles. The summed E-state index contributed by atoms with van der Waals surface area (Å²) >= 11 is 0. The topological polar surface area (TPSA) is 96.3 Å². The Bertz CT molecular complexity index is 1360. The molecule has 36 heavy (non-hydrogen) atoms. The summed E-state index contributed by atoms with van der Waals surface area (Å²) in [5.74, 6) is -2.88. The zero-order valence-electron chi connectivity index (χ0n) is 19.0. The van der Waals surface area contributed by atoms with Crippen LogP contribution in [0.15, 0.2) is 72.3 Å². The van der Waals surface area contributed by atoms with Gasteiger partial charge in [-0.05, 0) is 48.0 Å². The quantitative estimate of drug-likeness (QED) is 0.290. The van der Waals surface area contributed by atoms with Crippen molar-refractivity contribution in [3.05, 3.63) is 89.0 Å². The maximum absolute atomic E-state index is 13.4. The van der Waals surface area contributed by atoms with Crippen LogP contribution in [0.4, 0.5) is 18.9 Å². The minimum Gasteiger partial charge on any atom is -0.508 e. The number of ketones is 1. The average Bonchev–Trinajstić information content (AvgIpc) is 3.13. The third-order valence-electron chi connectivity index (χ3n) is 5.75. The van der Waals surface area contributed by atoms with E-state index in [2.05, 4.69) is 0 Å². The van der Waals surface area contributed by atoms with Gasteiger partial charge in [0.1, 0.15) is 28.6 Å². The first-order valence-electron chi connectivity index (χ1n) is 10.6. The number of alkyl halides is 3. The van der Waals surface area contributed by atoms with Crippen LogP contribution < -0.4 is 14.4 Å². The Labute approximate surface area is 203 Å². The Morgan fingerprint density at radius 3 is 2.11 bits per heavy atom. The average molecular weight is 499 g/mol. The summed E-state index contributed by atoms with van der Waals surface area (Å²) in [7, 11) is 2.67. The number of nitrogens with zero attached hydrogens (tertiary/aromatic N) is 1. The smallest absolute Gasteiger partial charge is 0.416 e. The van der Waals surface area contributed by atoms with Gasteiger partial charge in [-0.1, -0.05) is 24.3 Å². The first-order valence-corrected chi connectivity index (χ1v) is 10.6. The molecule has 1 unspecified atom stereocenters. The normalized spacial score (nSPS) is 17.4. The van der Waals surface area contributed by atoms with Crippen LogP contribution in [-0.4, -0.2) is 36.1 Å². The number of benzene rings is 3. The fourth-order valence-corrected chi connectivity index (χ4v) is 4.16. The lowest BCUT2D eigenvalue weighted by Crippen LogP contribution is -2.29. The molecule has 0 aromatic heterocycles. The zero-order valence-corrected chi connectivity index (χ0v) is 19.0. The molecular formula is C26H20F3NO6. The molecule has 10 heteroatoms. The van der Waals surface area contributed by atoms with Crippen molar-refractivity contribution in [3.63, 3.8) is 0 Å². The number of anilines is 1. The number of hydrogen-bond acceptors (Lipinski definition) is 6. The van der Waals surface area contributed by atoms with Crippen LogP contribution in [0.3, 0.4) is 0 Å². The number of phenolic OH excluding ortho intramolecular Hbond substituents is 1. The van der Waals surface area contributed by atoms with Crippen molar-refractivity contribution in [1.82, 2.24) is 0 Å². The summed E-state index contributed by atoms with van der Waals surface area (Å²) in [5.41, 5.74) is -1.49. The van der Waals surface area contributed by atoms with E-state index in [1.165, 1.54) is 56.7 Å². The summed E-state index contributed by atoms with van der Waals surface area (Å²) in [6.45, 7) is 0. The van der Waals surface area contributed by atoms with Gasteiger partial charge in [0.2, 0.25) is 0 Å². The van der Waals surface area contributed by atoms with Crippen molar-refractivity contribution in [3.8, 4) is 17.2 Å². The molecule has 2 N–H and O–H groups in total.